The number of ether oxygens (including phenoxy) is 1. The molecule has 2 heterocycles. The van der Waals surface area contributed by atoms with E-state index >= 15 is 0 Å². The van der Waals surface area contributed by atoms with Crippen molar-refractivity contribution < 1.29 is 9.53 Å². The van der Waals surface area contributed by atoms with Gasteiger partial charge in [-0.15, -0.1) is 0 Å². The molecule has 3 aromatic rings. The lowest BCUT2D eigenvalue weighted by molar-refractivity contribution is 0.0529. The minimum Gasteiger partial charge on any atom is -0.462 e. The average Bonchev–Trinajstić information content (AvgIpc) is 2.86. The van der Waals surface area contributed by atoms with Crippen molar-refractivity contribution in [3.8, 4) is 6.07 Å². The summed E-state index contributed by atoms with van der Waals surface area (Å²) in [6.45, 7) is 2.04. The van der Waals surface area contributed by atoms with Crippen molar-refractivity contribution in [3.05, 3.63) is 47.8 Å². The first kappa shape index (κ1) is 12.2. The Morgan fingerprint density at radius 1 is 1.45 bits per heavy atom. The van der Waals surface area contributed by atoms with E-state index < -0.39 is 5.97 Å². The number of hydrogen-bond donors (Lipinski definition) is 0. The van der Waals surface area contributed by atoms with Crippen molar-refractivity contribution in [2.45, 2.75) is 6.92 Å². The quantitative estimate of drug-likeness (QED) is 0.668. The molecule has 2 aromatic heterocycles. The molecule has 0 bridgehead atoms. The molecule has 5 nitrogen and oxygen atoms in total. The molecule has 0 saturated heterocycles. The highest BCUT2D eigenvalue weighted by Crippen LogP contribution is 2.25. The number of benzene rings is 1. The summed E-state index contributed by atoms with van der Waals surface area (Å²) in [7, 11) is 0. The van der Waals surface area contributed by atoms with Gasteiger partial charge in [0.25, 0.3) is 0 Å². The third-order valence-corrected chi connectivity index (χ3v) is 3.11. The van der Waals surface area contributed by atoms with Gasteiger partial charge in [0.15, 0.2) is 0 Å². The second-order valence-electron chi connectivity index (χ2n) is 4.27. The first-order chi connectivity index (χ1) is 9.76. The van der Waals surface area contributed by atoms with Gasteiger partial charge in [0, 0.05) is 10.8 Å². The van der Waals surface area contributed by atoms with Crippen LogP contribution in [-0.4, -0.2) is 22.2 Å². The molecule has 20 heavy (non-hydrogen) atoms. The third kappa shape index (κ3) is 1.70. The van der Waals surface area contributed by atoms with Gasteiger partial charge >= 0.3 is 5.97 Å². The summed E-state index contributed by atoms with van der Waals surface area (Å²) >= 11 is 0. The molecule has 0 aliphatic rings. The summed E-state index contributed by atoms with van der Waals surface area (Å²) in [5.74, 6) is -0.440. The predicted molar refractivity (Wildman–Crippen MR) is 73.4 cm³/mol. The SMILES string of the molecule is CCOC(=O)c1cc(C#N)n2ncc3ccccc3c12. The fourth-order valence-corrected chi connectivity index (χ4v) is 2.27. The van der Waals surface area contributed by atoms with Gasteiger partial charge in [0.05, 0.1) is 23.9 Å². The van der Waals surface area contributed by atoms with Crippen LogP contribution in [0.2, 0.25) is 0 Å². The van der Waals surface area contributed by atoms with E-state index in [2.05, 4.69) is 5.10 Å². The van der Waals surface area contributed by atoms with Crippen molar-refractivity contribution in [2.75, 3.05) is 6.61 Å². The fourth-order valence-electron chi connectivity index (χ4n) is 2.27. The molecule has 0 aliphatic carbocycles. The Labute approximate surface area is 115 Å². The van der Waals surface area contributed by atoms with Crippen molar-refractivity contribution in [2.24, 2.45) is 0 Å². The smallest absolute Gasteiger partial charge is 0.340 e. The third-order valence-electron chi connectivity index (χ3n) is 3.11. The van der Waals surface area contributed by atoms with Gasteiger partial charge in [0.1, 0.15) is 11.8 Å². The van der Waals surface area contributed by atoms with Crippen LogP contribution in [0.4, 0.5) is 0 Å². The lowest BCUT2D eigenvalue weighted by atomic mass is 10.1. The minimum absolute atomic E-state index is 0.288. The summed E-state index contributed by atoms with van der Waals surface area (Å²) in [5.41, 5.74) is 1.29. The van der Waals surface area contributed by atoms with Crippen LogP contribution in [0.5, 0.6) is 0 Å². The molecule has 0 unspecified atom stereocenters. The number of nitrogens with zero attached hydrogens (tertiary/aromatic N) is 3. The zero-order valence-electron chi connectivity index (χ0n) is 10.8. The standard InChI is InChI=1S/C15H11N3O2/c1-2-20-15(19)13-7-11(8-16)18-14(13)12-6-4-3-5-10(12)9-17-18/h3-7,9H,2H2,1H3. The zero-order valence-corrected chi connectivity index (χ0v) is 10.8. The van der Waals surface area contributed by atoms with Gasteiger partial charge < -0.3 is 4.74 Å². The van der Waals surface area contributed by atoms with E-state index in [1.807, 2.05) is 30.3 Å². The fraction of sp³-hybridized carbons (Fsp3) is 0.133. The topological polar surface area (TPSA) is 67.4 Å². The number of nitriles is 1. The Morgan fingerprint density at radius 2 is 2.25 bits per heavy atom. The van der Waals surface area contributed by atoms with Crippen LogP contribution in [-0.2, 0) is 4.74 Å². The highest BCUT2D eigenvalue weighted by atomic mass is 16.5. The largest absolute Gasteiger partial charge is 0.462 e. The van der Waals surface area contributed by atoms with Crippen LogP contribution in [0.25, 0.3) is 16.3 Å². The summed E-state index contributed by atoms with van der Waals surface area (Å²) in [5, 5.41) is 15.2. The normalized spacial score (nSPS) is 10.6. The molecular weight excluding hydrogens is 254 g/mol. The first-order valence-corrected chi connectivity index (χ1v) is 6.23. The van der Waals surface area contributed by atoms with Gasteiger partial charge in [-0.1, -0.05) is 24.3 Å². The highest BCUT2D eigenvalue weighted by Gasteiger charge is 2.19. The molecule has 1 aromatic carbocycles. The van der Waals surface area contributed by atoms with Gasteiger partial charge in [-0.2, -0.15) is 10.4 Å². The van der Waals surface area contributed by atoms with Gasteiger partial charge in [0.2, 0.25) is 0 Å². The summed E-state index contributed by atoms with van der Waals surface area (Å²) in [6.07, 6.45) is 1.68. The van der Waals surface area contributed by atoms with Crippen LogP contribution in [0, 0.1) is 11.3 Å². The number of hydrogen-bond acceptors (Lipinski definition) is 4. The maximum Gasteiger partial charge on any atom is 0.340 e. The molecule has 0 atom stereocenters. The highest BCUT2D eigenvalue weighted by molar-refractivity contribution is 6.08. The van der Waals surface area contributed by atoms with Crippen molar-refractivity contribution in [3.63, 3.8) is 0 Å². The molecular formula is C15H11N3O2. The Morgan fingerprint density at radius 3 is 3.00 bits per heavy atom. The number of carbonyl (C=O) groups excluding carboxylic acids is 1. The number of carbonyl (C=O) groups is 1. The second-order valence-corrected chi connectivity index (χ2v) is 4.27. The van der Waals surface area contributed by atoms with E-state index in [0.717, 1.165) is 10.8 Å². The van der Waals surface area contributed by atoms with Crippen LogP contribution >= 0.6 is 0 Å². The summed E-state index contributed by atoms with van der Waals surface area (Å²) in [4.78, 5) is 12.1. The van der Waals surface area contributed by atoms with E-state index in [-0.39, 0.29) is 6.61 Å². The van der Waals surface area contributed by atoms with Crippen LogP contribution in [0.3, 0.4) is 0 Å². The molecule has 3 rings (SSSR count). The zero-order chi connectivity index (χ0) is 14.1. The van der Waals surface area contributed by atoms with Gasteiger partial charge in [-0.25, -0.2) is 9.31 Å². The number of rotatable bonds is 2. The van der Waals surface area contributed by atoms with Crippen LogP contribution in [0.1, 0.15) is 23.0 Å². The number of aromatic nitrogens is 2. The molecule has 5 heteroatoms. The van der Waals surface area contributed by atoms with Crippen molar-refractivity contribution >= 4 is 22.3 Å². The molecule has 0 amide bonds. The summed E-state index contributed by atoms with van der Waals surface area (Å²) < 4.78 is 6.53. The molecule has 0 N–H and O–H groups in total. The minimum atomic E-state index is -0.440. The molecule has 0 spiro atoms. The maximum absolute atomic E-state index is 12.1. The molecule has 98 valence electrons. The Kier molecular flexibility index (Phi) is 2.84. The number of esters is 1. The lowest BCUT2D eigenvalue weighted by Crippen LogP contribution is -2.04. The predicted octanol–water partition coefficient (Wildman–Crippen LogP) is 2.54. The molecule has 0 aliphatic heterocycles. The van der Waals surface area contributed by atoms with E-state index in [4.69, 9.17) is 10.00 Å². The summed E-state index contributed by atoms with van der Waals surface area (Å²) in [6, 6.07) is 11.2. The molecule has 0 radical (unpaired) electrons. The van der Waals surface area contributed by atoms with Gasteiger partial charge in [-0.05, 0) is 13.0 Å². The van der Waals surface area contributed by atoms with Crippen LogP contribution in [0.15, 0.2) is 36.5 Å². The Bertz CT molecular complexity index is 859. The van der Waals surface area contributed by atoms with Crippen molar-refractivity contribution in [1.29, 1.82) is 5.26 Å². The van der Waals surface area contributed by atoms with E-state index in [1.165, 1.54) is 10.6 Å². The van der Waals surface area contributed by atoms with Crippen molar-refractivity contribution in [1.82, 2.24) is 9.61 Å². The Hall–Kier alpha value is -2.87. The van der Waals surface area contributed by atoms with E-state index in [0.29, 0.717) is 16.8 Å². The maximum atomic E-state index is 12.1. The van der Waals surface area contributed by atoms with E-state index in [9.17, 15) is 4.79 Å². The number of fused-ring (bicyclic) bond motifs is 3. The first-order valence-electron chi connectivity index (χ1n) is 6.23. The van der Waals surface area contributed by atoms with E-state index in [1.54, 1.807) is 13.1 Å². The van der Waals surface area contributed by atoms with Gasteiger partial charge in [-0.3, -0.25) is 0 Å². The van der Waals surface area contributed by atoms with Crippen LogP contribution < -0.4 is 0 Å². The average molecular weight is 265 g/mol. The second kappa shape index (κ2) is 4.67. The molecule has 0 saturated carbocycles. The Balaban J connectivity index is 2.42. The monoisotopic (exact) mass is 265 g/mol. The molecule has 0 fully saturated rings. The lowest BCUT2D eigenvalue weighted by Gasteiger charge is -2.04.